The normalized spacial score (nSPS) is 11.1. The second-order valence-corrected chi connectivity index (χ2v) is 5.46. The molecular weight excluding hydrogens is 319 g/mol. The third-order valence-corrected chi connectivity index (χ3v) is 3.37. The van der Waals surface area contributed by atoms with Crippen LogP contribution in [0.25, 0.3) is 11.3 Å². The minimum absolute atomic E-state index is 0. The van der Waals surface area contributed by atoms with Gasteiger partial charge >= 0.3 is 51.4 Å². The third kappa shape index (κ3) is 8.08. The second-order valence-electron chi connectivity index (χ2n) is 5.46. The first kappa shape index (κ1) is 25.8. The number of hydrogen-bond donors (Lipinski definition) is 0. The SMILES string of the molecule is C=C(C)C(=C\[NH-])/C=C(\C(=C)C)c1cnc(CCC)cc1C.CC.[K+]. The summed E-state index contributed by atoms with van der Waals surface area (Å²) in [6.45, 7) is 20.1. The number of hydrogen-bond acceptors (Lipinski definition) is 1. The molecule has 3 heteroatoms. The second kappa shape index (κ2) is 13.8. The maximum Gasteiger partial charge on any atom is 1.00 e. The zero-order valence-corrected chi connectivity index (χ0v) is 19.7. The van der Waals surface area contributed by atoms with Crippen molar-refractivity contribution in [3.05, 3.63) is 77.0 Å². The summed E-state index contributed by atoms with van der Waals surface area (Å²) < 4.78 is 0. The van der Waals surface area contributed by atoms with Crippen molar-refractivity contribution >= 4 is 5.57 Å². The van der Waals surface area contributed by atoms with Crippen molar-refractivity contribution in [3.63, 3.8) is 0 Å². The molecule has 1 heterocycles. The van der Waals surface area contributed by atoms with Crippen LogP contribution in [-0.2, 0) is 6.42 Å². The molecule has 0 radical (unpaired) electrons. The first-order chi connectivity index (χ1) is 10.9. The van der Waals surface area contributed by atoms with Crippen molar-refractivity contribution in [2.75, 3.05) is 0 Å². The van der Waals surface area contributed by atoms with E-state index < -0.39 is 0 Å². The largest absolute Gasteiger partial charge is 1.00 e. The molecule has 1 aromatic heterocycles. The molecule has 1 aromatic rings. The fourth-order valence-electron chi connectivity index (χ4n) is 2.16. The molecule has 24 heavy (non-hydrogen) atoms. The molecule has 1 rings (SSSR count). The van der Waals surface area contributed by atoms with Crippen LogP contribution in [0.1, 0.15) is 57.9 Å². The summed E-state index contributed by atoms with van der Waals surface area (Å²) in [4.78, 5) is 4.54. The number of nitrogens with one attached hydrogen (secondary N) is 1. The Kier molecular flexibility index (Phi) is 14.8. The minimum Gasteiger partial charge on any atom is -0.704 e. The van der Waals surface area contributed by atoms with E-state index in [0.717, 1.165) is 46.4 Å². The van der Waals surface area contributed by atoms with E-state index in [4.69, 9.17) is 5.73 Å². The Balaban J connectivity index is 0. The van der Waals surface area contributed by atoms with E-state index in [2.05, 4.69) is 38.1 Å². The van der Waals surface area contributed by atoms with Crippen molar-refractivity contribution < 1.29 is 51.4 Å². The van der Waals surface area contributed by atoms with E-state index in [-0.39, 0.29) is 51.4 Å². The van der Waals surface area contributed by atoms with Gasteiger partial charge in [0.25, 0.3) is 0 Å². The van der Waals surface area contributed by atoms with Gasteiger partial charge in [-0.25, -0.2) is 0 Å². The Bertz CT molecular complexity index is 610. The van der Waals surface area contributed by atoms with Crippen LogP contribution in [0.15, 0.2) is 54.4 Å². The Labute approximate surface area is 191 Å². The summed E-state index contributed by atoms with van der Waals surface area (Å²) in [6, 6.07) is 2.14. The molecule has 0 aliphatic heterocycles. The predicted molar refractivity (Wildman–Crippen MR) is 104 cm³/mol. The van der Waals surface area contributed by atoms with E-state index in [1.807, 2.05) is 40.0 Å². The van der Waals surface area contributed by atoms with Gasteiger partial charge in [0.2, 0.25) is 0 Å². The molecule has 0 fully saturated rings. The van der Waals surface area contributed by atoms with Gasteiger partial charge in [0, 0.05) is 17.5 Å². The van der Waals surface area contributed by atoms with Crippen molar-refractivity contribution in [2.45, 2.75) is 54.4 Å². The molecule has 0 aliphatic rings. The van der Waals surface area contributed by atoms with Gasteiger partial charge < -0.3 is 5.73 Å². The third-order valence-electron chi connectivity index (χ3n) is 3.37. The maximum atomic E-state index is 7.52. The summed E-state index contributed by atoms with van der Waals surface area (Å²) in [5, 5.41) is 0. The minimum atomic E-state index is 0. The van der Waals surface area contributed by atoms with Gasteiger partial charge in [0.05, 0.1) is 0 Å². The summed E-state index contributed by atoms with van der Waals surface area (Å²) in [5.41, 5.74) is 14.6. The van der Waals surface area contributed by atoms with Crippen molar-refractivity contribution in [1.82, 2.24) is 4.98 Å². The summed E-state index contributed by atoms with van der Waals surface area (Å²) >= 11 is 0. The molecule has 126 valence electrons. The van der Waals surface area contributed by atoms with E-state index in [1.54, 1.807) is 0 Å². The standard InChI is InChI=1S/C19H25N2.C2H6.K/c1-7-8-17-9-15(6)19(12-21-17)18(14(4)5)10-16(11-20)13(2)3;1-2;/h9-12,20H,2,4,7-8H2,1,3,5-6H3;1-2H3;/q-1;;+1/b16-11-,18-10+;;. The van der Waals surface area contributed by atoms with Crippen LogP contribution >= 0.6 is 0 Å². The number of pyridine rings is 1. The zero-order valence-electron chi connectivity index (χ0n) is 16.6. The molecule has 0 unspecified atom stereocenters. The molecule has 0 saturated carbocycles. The fraction of sp³-hybridized carbons (Fsp3) is 0.381. The molecule has 0 saturated heterocycles. The van der Waals surface area contributed by atoms with Gasteiger partial charge in [-0.15, -0.1) is 0 Å². The first-order valence-electron chi connectivity index (χ1n) is 8.27. The number of aryl methyl sites for hydroxylation is 2. The van der Waals surface area contributed by atoms with Crippen molar-refractivity contribution in [3.8, 4) is 0 Å². The van der Waals surface area contributed by atoms with Crippen LogP contribution in [0.4, 0.5) is 0 Å². The smallest absolute Gasteiger partial charge is 0.704 e. The monoisotopic (exact) mass is 350 g/mol. The topological polar surface area (TPSA) is 36.7 Å². The van der Waals surface area contributed by atoms with Crippen LogP contribution < -0.4 is 51.4 Å². The zero-order chi connectivity index (χ0) is 18.0. The molecule has 2 nitrogen and oxygen atoms in total. The molecule has 0 spiro atoms. The quantitative estimate of drug-likeness (QED) is 0.567. The average Bonchev–Trinajstić information content (AvgIpc) is 2.51. The Hall–Kier alpha value is -0.454. The van der Waals surface area contributed by atoms with Gasteiger partial charge in [-0.05, 0) is 56.0 Å². The predicted octanol–water partition coefficient (Wildman–Crippen LogP) is 3.84. The number of allylic oxidation sites excluding steroid dienone is 5. The summed E-state index contributed by atoms with van der Waals surface area (Å²) in [5.74, 6) is 0. The number of aromatic nitrogens is 1. The van der Waals surface area contributed by atoms with E-state index in [9.17, 15) is 0 Å². The molecular formula is C21H31KN2. The number of rotatable bonds is 6. The molecule has 0 aliphatic carbocycles. The van der Waals surface area contributed by atoms with Crippen LogP contribution in [0.3, 0.4) is 0 Å². The maximum absolute atomic E-state index is 7.52. The Morgan fingerprint density at radius 3 is 2.17 bits per heavy atom. The van der Waals surface area contributed by atoms with Gasteiger partial charge in [0.1, 0.15) is 0 Å². The van der Waals surface area contributed by atoms with Gasteiger partial charge in [-0.3, -0.25) is 4.98 Å². The molecule has 0 amide bonds. The van der Waals surface area contributed by atoms with Crippen LogP contribution in [-0.4, -0.2) is 4.98 Å². The molecule has 0 aromatic carbocycles. The van der Waals surface area contributed by atoms with Gasteiger partial charge in [-0.2, -0.15) is 6.20 Å². The van der Waals surface area contributed by atoms with Crippen LogP contribution in [0.5, 0.6) is 0 Å². The van der Waals surface area contributed by atoms with E-state index >= 15 is 0 Å². The molecule has 1 N–H and O–H groups in total. The first-order valence-corrected chi connectivity index (χ1v) is 8.27. The van der Waals surface area contributed by atoms with Gasteiger partial charge in [-0.1, -0.05) is 51.5 Å². The van der Waals surface area contributed by atoms with E-state index in [0.29, 0.717) is 0 Å². The van der Waals surface area contributed by atoms with Crippen LogP contribution in [0, 0.1) is 6.92 Å². The summed E-state index contributed by atoms with van der Waals surface area (Å²) in [7, 11) is 0. The Morgan fingerprint density at radius 1 is 1.21 bits per heavy atom. The Morgan fingerprint density at radius 2 is 1.79 bits per heavy atom. The van der Waals surface area contributed by atoms with Crippen LogP contribution in [0.2, 0.25) is 0 Å². The molecule has 0 bridgehead atoms. The van der Waals surface area contributed by atoms with Crippen molar-refractivity contribution in [2.24, 2.45) is 0 Å². The van der Waals surface area contributed by atoms with Gasteiger partial charge in [0.15, 0.2) is 0 Å². The van der Waals surface area contributed by atoms with Crippen molar-refractivity contribution in [1.29, 1.82) is 0 Å². The number of nitrogens with zero attached hydrogens (tertiary/aromatic N) is 1. The van der Waals surface area contributed by atoms with E-state index in [1.165, 1.54) is 11.8 Å². The molecule has 0 atom stereocenters. The fourth-order valence-corrected chi connectivity index (χ4v) is 2.16. The average molecular weight is 351 g/mol. The summed E-state index contributed by atoms with van der Waals surface area (Å²) in [6.07, 6.45) is 7.31.